The molecule has 0 atom stereocenters. The number of aryl methyl sites for hydroxylation is 1. The number of aliphatic hydroxyl groups is 1. The molecule has 0 amide bonds. The highest BCUT2D eigenvalue weighted by Gasteiger charge is 2.17. The molecule has 2 heteroatoms. The van der Waals surface area contributed by atoms with E-state index in [2.05, 4.69) is 52.0 Å². The van der Waals surface area contributed by atoms with Gasteiger partial charge in [-0.25, -0.2) is 0 Å². The normalized spacial score (nSPS) is 12.1. The van der Waals surface area contributed by atoms with Crippen molar-refractivity contribution in [2.45, 2.75) is 58.5 Å². The first-order chi connectivity index (χ1) is 8.94. The zero-order valence-electron chi connectivity index (χ0n) is 12.8. The topological polar surface area (TPSA) is 29.5 Å². The van der Waals surface area contributed by atoms with Gasteiger partial charge in [-0.2, -0.15) is 0 Å². The van der Waals surface area contributed by atoms with Crippen LogP contribution >= 0.6 is 0 Å². The first-order valence-electron chi connectivity index (χ1n) is 7.28. The third kappa shape index (κ3) is 6.22. The summed E-state index contributed by atoms with van der Waals surface area (Å²) in [5.74, 6) is 0.587. The molecular formula is C17H28O2. The van der Waals surface area contributed by atoms with Crippen LogP contribution in [0, 0.1) is 0 Å². The average Bonchev–Trinajstić information content (AvgIpc) is 2.36. The van der Waals surface area contributed by atoms with E-state index in [9.17, 15) is 0 Å². The van der Waals surface area contributed by atoms with Crippen LogP contribution in [0.4, 0.5) is 0 Å². The van der Waals surface area contributed by atoms with Gasteiger partial charge in [-0.05, 0) is 50.2 Å². The number of rotatable bonds is 8. The van der Waals surface area contributed by atoms with E-state index in [-0.39, 0.29) is 12.2 Å². The third-order valence-corrected chi connectivity index (χ3v) is 3.45. The fourth-order valence-corrected chi connectivity index (χ4v) is 2.22. The fraction of sp³-hybridized carbons (Fsp3) is 0.647. The zero-order chi connectivity index (χ0) is 14.3. The van der Waals surface area contributed by atoms with Crippen molar-refractivity contribution in [2.24, 2.45) is 0 Å². The minimum absolute atomic E-state index is 0.0971. The van der Waals surface area contributed by atoms with Crippen LogP contribution in [-0.4, -0.2) is 23.9 Å². The number of ether oxygens (including phenoxy) is 1. The van der Waals surface area contributed by atoms with Gasteiger partial charge in [0, 0.05) is 0 Å². The van der Waals surface area contributed by atoms with Crippen LogP contribution in [0.1, 0.15) is 57.6 Å². The Hall–Kier alpha value is -0.860. The predicted octanol–water partition coefficient (Wildman–Crippen LogP) is 3.92. The lowest BCUT2D eigenvalue weighted by molar-refractivity contribution is -0.0390. The molecule has 0 bridgehead atoms. The maximum Gasteiger partial charge on any atom is 0.0704 e. The molecule has 0 saturated carbocycles. The highest BCUT2D eigenvalue weighted by atomic mass is 16.5. The summed E-state index contributed by atoms with van der Waals surface area (Å²) in [6.07, 6.45) is 3.21. The molecule has 1 aromatic carbocycles. The molecule has 0 aliphatic heterocycles. The Kier molecular flexibility index (Phi) is 6.53. The van der Waals surface area contributed by atoms with E-state index in [1.165, 1.54) is 11.1 Å². The minimum Gasteiger partial charge on any atom is -0.394 e. The standard InChI is InChI=1S/C17H28O2/c1-14(2)16-9-5-7-15(13-16)8-6-10-17(3,4)19-12-11-18/h5,7,9,13-14,18H,6,8,10-12H2,1-4H3. The SMILES string of the molecule is CC(C)c1cccc(CCCC(C)(C)OCCO)c1. The van der Waals surface area contributed by atoms with Crippen molar-refractivity contribution in [2.75, 3.05) is 13.2 Å². The Morgan fingerprint density at radius 3 is 2.63 bits per heavy atom. The number of hydrogen-bond acceptors (Lipinski definition) is 2. The molecule has 0 radical (unpaired) electrons. The van der Waals surface area contributed by atoms with E-state index in [0.717, 1.165) is 19.3 Å². The molecule has 1 N–H and O–H groups in total. The molecule has 2 nitrogen and oxygen atoms in total. The van der Waals surface area contributed by atoms with Crippen molar-refractivity contribution in [3.05, 3.63) is 35.4 Å². The second kappa shape index (κ2) is 7.66. The Bertz CT molecular complexity index is 369. The van der Waals surface area contributed by atoms with E-state index in [1.54, 1.807) is 0 Å². The molecule has 0 aliphatic carbocycles. The Morgan fingerprint density at radius 1 is 1.26 bits per heavy atom. The van der Waals surface area contributed by atoms with E-state index >= 15 is 0 Å². The molecule has 0 unspecified atom stereocenters. The van der Waals surface area contributed by atoms with Gasteiger partial charge in [-0.3, -0.25) is 0 Å². The zero-order valence-corrected chi connectivity index (χ0v) is 12.8. The van der Waals surface area contributed by atoms with Crippen LogP contribution in [0.2, 0.25) is 0 Å². The van der Waals surface area contributed by atoms with Crippen LogP contribution in [0.3, 0.4) is 0 Å². The maximum absolute atomic E-state index is 8.79. The van der Waals surface area contributed by atoms with Gasteiger partial charge in [0.1, 0.15) is 0 Å². The van der Waals surface area contributed by atoms with Crippen molar-refractivity contribution in [1.82, 2.24) is 0 Å². The molecule has 0 fully saturated rings. The molecule has 1 aromatic rings. The lowest BCUT2D eigenvalue weighted by atomic mass is 9.96. The minimum atomic E-state index is -0.140. The van der Waals surface area contributed by atoms with Gasteiger partial charge in [-0.15, -0.1) is 0 Å². The number of hydrogen-bond donors (Lipinski definition) is 1. The highest BCUT2D eigenvalue weighted by molar-refractivity contribution is 5.25. The second-order valence-corrected chi connectivity index (χ2v) is 6.09. The summed E-state index contributed by atoms with van der Waals surface area (Å²) in [5, 5.41) is 8.79. The van der Waals surface area contributed by atoms with Crippen molar-refractivity contribution in [3.8, 4) is 0 Å². The quantitative estimate of drug-likeness (QED) is 0.771. The third-order valence-electron chi connectivity index (χ3n) is 3.45. The summed E-state index contributed by atoms with van der Waals surface area (Å²) in [7, 11) is 0. The molecular weight excluding hydrogens is 236 g/mol. The van der Waals surface area contributed by atoms with Gasteiger partial charge in [0.15, 0.2) is 0 Å². The van der Waals surface area contributed by atoms with Crippen LogP contribution < -0.4 is 0 Å². The van der Waals surface area contributed by atoms with Crippen molar-refractivity contribution in [1.29, 1.82) is 0 Å². The number of aliphatic hydroxyl groups excluding tert-OH is 1. The van der Waals surface area contributed by atoms with E-state index in [4.69, 9.17) is 9.84 Å². The molecule has 0 saturated heterocycles. The molecule has 19 heavy (non-hydrogen) atoms. The van der Waals surface area contributed by atoms with Crippen LogP contribution in [0.25, 0.3) is 0 Å². The summed E-state index contributed by atoms with van der Waals surface area (Å²) < 4.78 is 5.63. The van der Waals surface area contributed by atoms with Crippen LogP contribution in [0.5, 0.6) is 0 Å². The highest BCUT2D eigenvalue weighted by Crippen LogP contribution is 2.20. The van der Waals surface area contributed by atoms with Gasteiger partial charge < -0.3 is 9.84 Å². The Morgan fingerprint density at radius 2 is 2.00 bits per heavy atom. The molecule has 0 aliphatic rings. The summed E-state index contributed by atoms with van der Waals surface area (Å²) in [5.41, 5.74) is 2.68. The molecule has 0 aromatic heterocycles. The lowest BCUT2D eigenvalue weighted by Crippen LogP contribution is -2.26. The van der Waals surface area contributed by atoms with Crippen molar-refractivity contribution < 1.29 is 9.84 Å². The summed E-state index contributed by atoms with van der Waals surface area (Å²) in [6.45, 7) is 9.16. The first kappa shape index (κ1) is 16.2. The molecule has 0 heterocycles. The van der Waals surface area contributed by atoms with Gasteiger partial charge in [0.05, 0.1) is 18.8 Å². The largest absolute Gasteiger partial charge is 0.394 e. The molecule has 0 spiro atoms. The van der Waals surface area contributed by atoms with E-state index < -0.39 is 0 Å². The summed E-state index contributed by atoms with van der Waals surface area (Å²) >= 11 is 0. The maximum atomic E-state index is 8.79. The Labute approximate surface area is 117 Å². The number of benzene rings is 1. The summed E-state index contributed by atoms with van der Waals surface area (Å²) in [4.78, 5) is 0. The predicted molar refractivity (Wildman–Crippen MR) is 80.6 cm³/mol. The first-order valence-corrected chi connectivity index (χ1v) is 7.28. The van der Waals surface area contributed by atoms with E-state index in [0.29, 0.717) is 12.5 Å². The van der Waals surface area contributed by atoms with Crippen molar-refractivity contribution in [3.63, 3.8) is 0 Å². The van der Waals surface area contributed by atoms with Crippen molar-refractivity contribution >= 4 is 0 Å². The van der Waals surface area contributed by atoms with Gasteiger partial charge >= 0.3 is 0 Å². The molecule has 108 valence electrons. The monoisotopic (exact) mass is 264 g/mol. The fourth-order valence-electron chi connectivity index (χ4n) is 2.22. The van der Waals surface area contributed by atoms with Crippen LogP contribution in [0.15, 0.2) is 24.3 Å². The second-order valence-electron chi connectivity index (χ2n) is 6.09. The Balaban J connectivity index is 2.42. The van der Waals surface area contributed by atoms with Crippen LogP contribution in [-0.2, 0) is 11.2 Å². The van der Waals surface area contributed by atoms with Gasteiger partial charge in [0.25, 0.3) is 0 Å². The van der Waals surface area contributed by atoms with E-state index in [1.807, 2.05) is 0 Å². The smallest absolute Gasteiger partial charge is 0.0704 e. The van der Waals surface area contributed by atoms with Gasteiger partial charge in [0.2, 0.25) is 0 Å². The average molecular weight is 264 g/mol. The summed E-state index contributed by atoms with van der Waals surface area (Å²) in [6, 6.07) is 8.86. The lowest BCUT2D eigenvalue weighted by Gasteiger charge is -2.25. The van der Waals surface area contributed by atoms with Gasteiger partial charge in [-0.1, -0.05) is 38.1 Å². The molecule has 1 rings (SSSR count).